The summed E-state index contributed by atoms with van der Waals surface area (Å²) >= 11 is 0. The molecule has 0 amide bonds. The van der Waals surface area contributed by atoms with Crippen LogP contribution in [0.1, 0.15) is 33.6 Å². The molecule has 2 N–H and O–H groups in total. The Morgan fingerprint density at radius 3 is 2.24 bits per heavy atom. The van der Waals surface area contributed by atoms with Crippen LogP contribution in [0.15, 0.2) is 91.1 Å². The molecule has 0 bridgehead atoms. The van der Waals surface area contributed by atoms with Gasteiger partial charge in [0.05, 0.1) is 19.3 Å². The summed E-state index contributed by atoms with van der Waals surface area (Å²) in [6.45, 7) is 4.11. The van der Waals surface area contributed by atoms with E-state index in [4.69, 9.17) is 4.74 Å². The van der Waals surface area contributed by atoms with Crippen LogP contribution in [0.5, 0.6) is 0 Å². The van der Waals surface area contributed by atoms with E-state index in [0.29, 0.717) is 5.56 Å². The van der Waals surface area contributed by atoms with Gasteiger partial charge >= 0.3 is 0 Å². The highest BCUT2D eigenvalue weighted by atomic mass is 16.5. The number of H-pyrrole nitrogens is 1. The molecule has 2 atom stereocenters. The number of Topliss-reactive ketones (excluding diaryl/α,β-unsaturated/α-hetero) is 1. The molecule has 1 aliphatic rings. The number of aromatic amines is 1. The van der Waals surface area contributed by atoms with E-state index >= 15 is 0 Å². The second kappa shape index (κ2) is 10.1. The van der Waals surface area contributed by atoms with Gasteiger partial charge in [-0.05, 0) is 17.2 Å². The van der Waals surface area contributed by atoms with Gasteiger partial charge in [-0.25, -0.2) is 0 Å². The zero-order valence-electron chi connectivity index (χ0n) is 18.6. The Kier molecular flexibility index (Phi) is 6.63. The first-order chi connectivity index (χ1) is 16.3. The van der Waals surface area contributed by atoms with Crippen LogP contribution in [-0.2, 0) is 4.74 Å². The summed E-state index contributed by atoms with van der Waals surface area (Å²) in [6.07, 6.45) is 1.84. The van der Waals surface area contributed by atoms with Crippen molar-refractivity contribution in [3.8, 4) is 0 Å². The summed E-state index contributed by atoms with van der Waals surface area (Å²) in [6, 6.07) is 27.9. The summed E-state index contributed by atoms with van der Waals surface area (Å²) in [5, 5.41) is 4.69. The van der Waals surface area contributed by atoms with Crippen LogP contribution in [0.4, 0.5) is 0 Å². The fraction of sp³-hybridized carbons (Fsp3) is 0.250. The molecule has 5 nitrogen and oxygen atoms in total. The second-order valence-corrected chi connectivity index (χ2v) is 8.50. The minimum absolute atomic E-state index is 0.00339. The molecule has 5 heteroatoms. The second-order valence-electron chi connectivity index (χ2n) is 8.50. The van der Waals surface area contributed by atoms with Gasteiger partial charge < -0.3 is 9.72 Å². The summed E-state index contributed by atoms with van der Waals surface area (Å²) < 4.78 is 5.55. The molecule has 4 aromatic rings. The summed E-state index contributed by atoms with van der Waals surface area (Å²) in [5.41, 5.74) is 3.83. The Morgan fingerprint density at radius 2 is 1.52 bits per heavy atom. The van der Waals surface area contributed by atoms with Crippen molar-refractivity contribution < 1.29 is 9.53 Å². The van der Waals surface area contributed by atoms with E-state index in [0.717, 1.165) is 49.3 Å². The van der Waals surface area contributed by atoms with Gasteiger partial charge in [-0.3, -0.25) is 15.0 Å². The lowest BCUT2D eigenvalue weighted by Gasteiger charge is -2.33. The van der Waals surface area contributed by atoms with Crippen molar-refractivity contribution in [3.63, 3.8) is 0 Å². The SMILES string of the molecule is O=C(c1c[nH]c2ccccc12)[C@H](N[C@@H](CN1CCOCC1)c1ccccc1)c1ccccc1. The number of carbonyl (C=O) groups is 1. The van der Waals surface area contributed by atoms with Crippen molar-refractivity contribution >= 4 is 16.7 Å². The fourth-order valence-electron chi connectivity index (χ4n) is 4.58. The smallest absolute Gasteiger partial charge is 0.186 e. The Bertz CT molecular complexity index is 1180. The number of ketones is 1. The fourth-order valence-corrected chi connectivity index (χ4v) is 4.58. The normalized spacial score (nSPS) is 16.5. The highest BCUT2D eigenvalue weighted by Gasteiger charge is 2.28. The van der Waals surface area contributed by atoms with Crippen LogP contribution in [-0.4, -0.2) is 48.5 Å². The van der Waals surface area contributed by atoms with Crippen LogP contribution in [0.25, 0.3) is 10.9 Å². The van der Waals surface area contributed by atoms with E-state index in [1.165, 1.54) is 5.56 Å². The minimum Gasteiger partial charge on any atom is -0.379 e. The summed E-state index contributed by atoms with van der Waals surface area (Å²) in [5.74, 6) is 0.0709. The Balaban J connectivity index is 1.50. The van der Waals surface area contributed by atoms with Crippen molar-refractivity contribution in [3.05, 3.63) is 108 Å². The first kappa shape index (κ1) is 21.6. The quantitative estimate of drug-likeness (QED) is 0.389. The number of fused-ring (bicyclic) bond motifs is 1. The largest absolute Gasteiger partial charge is 0.379 e. The highest BCUT2D eigenvalue weighted by molar-refractivity contribution is 6.10. The summed E-state index contributed by atoms with van der Waals surface area (Å²) in [4.78, 5) is 19.6. The van der Waals surface area contributed by atoms with E-state index < -0.39 is 6.04 Å². The van der Waals surface area contributed by atoms with Gasteiger partial charge in [0.2, 0.25) is 0 Å². The number of rotatable bonds is 8. The average Bonchev–Trinajstić information content (AvgIpc) is 3.32. The Morgan fingerprint density at radius 1 is 0.879 bits per heavy atom. The molecule has 33 heavy (non-hydrogen) atoms. The molecular formula is C28H29N3O2. The molecule has 1 fully saturated rings. The van der Waals surface area contributed by atoms with E-state index in [-0.39, 0.29) is 11.8 Å². The maximum absolute atomic E-state index is 14.0. The molecule has 0 aliphatic carbocycles. The molecule has 1 aromatic heterocycles. The van der Waals surface area contributed by atoms with Gasteiger partial charge in [0.1, 0.15) is 0 Å². The average molecular weight is 440 g/mol. The van der Waals surface area contributed by atoms with Crippen LogP contribution in [0, 0.1) is 0 Å². The van der Waals surface area contributed by atoms with Crippen molar-refractivity contribution in [2.75, 3.05) is 32.8 Å². The van der Waals surface area contributed by atoms with E-state index in [2.05, 4.69) is 39.5 Å². The zero-order chi connectivity index (χ0) is 22.5. The molecule has 1 saturated heterocycles. The standard InChI is InChI=1S/C28H29N3O2/c32-28(24-19-29-25-14-8-7-13-23(24)25)27(22-11-5-2-6-12-22)30-26(21-9-3-1-4-10-21)20-31-15-17-33-18-16-31/h1-14,19,26-27,29-30H,15-18,20H2/t26-,27+/m0/s1. The van der Waals surface area contributed by atoms with Crippen molar-refractivity contribution in [2.45, 2.75) is 12.1 Å². The maximum Gasteiger partial charge on any atom is 0.186 e. The van der Waals surface area contributed by atoms with Gasteiger partial charge in [0.25, 0.3) is 0 Å². The molecule has 0 saturated carbocycles. The van der Waals surface area contributed by atoms with Gasteiger partial charge in [-0.2, -0.15) is 0 Å². The lowest BCUT2D eigenvalue weighted by molar-refractivity contribution is 0.0326. The van der Waals surface area contributed by atoms with E-state index in [1.54, 1.807) is 0 Å². The van der Waals surface area contributed by atoms with Crippen molar-refractivity contribution in [1.29, 1.82) is 0 Å². The lowest BCUT2D eigenvalue weighted by Crippen LogP contribution is -2.43. The maximum atomic E-state index is 14.0. The Labute approximate surface area is 194 Å². The summed E-state index contributed by atoms with van der Waals surface area (Å²) in [7, 11) is 0. The Hall–Kier alpha value is -3.25. The number of morpholine rings is 1. The van der Waals surface area contributed by atoms with Gasteiger partial charge in [-0.15, -0.1) is 0 Å². The van der Waals surface area contributed by atoms with Gasteiger partial charge in [-0.1, -0.05) is 78.9 Å². The number of para-hydroxylation sites is 1. The topological polar surface area (TPSA) is 57.4 Å². The molecule has 168 valence electrons. The first-order valence-electron chi connectivity index (χ1n) is 11.6. The highest BCUT2D eigenvalue weighted by Crippen LogP contribution is 2.28. The van der Waals surface area contributed by atoms with Crippen molar-refractivity contribution in [2.24, 2.45) is 0 Å². The van der Waals surface area contributed by atoms with Crippen LogP contribution in [0.2, 0.25) is 0 Å². The zero-order valence-corrected chi connectivity index (χ0v) is 18.6. The molecule has 0 unspecified atom stereocenters. The number of nitrogens with one attached hydrogen (secondary N) is 2. The van der Waals surface area contributed by atoms with Crippen LogP contribution in [0.3, 0.4) is 0 Å². The number of hydrogen-bond donors (Lipinski definition) is 2. The monoisotopic (exact) mass is 439 g/mol. The molecule has 0 radical (unpaired) electrons. The predicted octanol–water partition coefficient (Wildman–Crippen LogP) is 4.76. The number of ether oxygens (including phenoxy) is 1. The molecule has 5 rings (SSSR count). The molecule has 2 heterocycles. The third-order valence-electron chi connectivity index (χ3n) is 6.36. The predicted molar refractivity (Wildman–Crippen MR) is 131 cm³/mol. The molecular weight excluding hydrogens is 410 g/mol. The number of hydrogen-bond acceptors (Lipinski definition) is 4. The van der Waals surface area contributed by atoms with E-state index in [1.807, 2.05) is 66.9 Å². The number of benzene rings is 3. The lowest BCUT2D eigenvalue weighted by atomic mass is 9.95. The van der Waals surface area contributed by atoms with Gasteiger partial charge in [0.15, 0.2) is 5.78 Å². The molecule has 0 spiro atoms. The number of carbonyl (C=O) groups excluding carboxylic acids is 1. The first-order valence-corrected chi connectivity index (χ1v) is 11.6. The van der Waals surface area contributed by atoms with Crippen LogP contribution >= 0.6 is 0 Å². The van der Waals surface area contributed by atoms with Gasteiger partial charge in [0, 0.05) is 48.3 Å². The third-order valence-corrected chi connectivity index (χ3v) is 6.36. The van der Waals surface area contributed by atoms with Crippen LogP contribution < -0.4 is 5.32 Å². The third kappa shape index (κ3) is 4.91. The van der Waals surface area contributed by atoms with Crippen molar-refractivity contribution in [1.82, 2.24) is 15.2 Å². The minimum atomic E-state index is -0.461. The van der Waals surface area contributed by atoms with E-state index in [9.17, 15) is 4.79 Å². The number of nitrogens with zero attached hydrogens (tertiary/aromatic N) is 1. The molecule has 1 aliphatic heterocycles. The number of aromatic nitrogens is 1. The molecule has 3 aromatic carbocycles.